The SMILES string of the molecule is COC(=O)c1ccc2[nH]c(O)c(C(=Nc3ccc(N(C)C(=O)CN4CCN(C)CC4)cc3)c3ccc(C)cc3)c2c1. The molecule has 4 aromatic rings. The van der Waals surface area contributed by atoms with Gasteiger partial charge in [0, 0.05) is 55.4 Å². The van der Waals surface area contributed by atoms with Gasteiger partial charge in [-0.15, -0.1) is 0 Å². The topological polar surface area (TPSA) is 101 Å². The summed E-state index contributed by atoms with van der Waals surface area (Å²) in [5, 5.41) is 11.7. The number of fused-ring (bicyclic) bond motifs is 1. The summed E-state index contributed by atoms with van der Waals surface area (Å²) < 4.78 is 4.91. The Kier molecular flexibility index (Phi) is 8.19. The summed E-state index contributed by atoms with van der Waals surface area (Å²) in [5.74, 6) is -0.474. The van der Waals surface area contributed by atoms with Crippen LogP contribution in [0.1, 0.15) is 27.0 Å². The molecule has 0 radical (unpaired) electrons. The average molecular weight is 554 g/mol. The fraction of sp³-hybridized carbons (Fsp3) is 0.281. The highest BCUT2D eigenvalue weighted by Gasteiger charge is 2.22. The number of amides is 1. The molecule has 9 heteroatoms. The molecule has 0 atom stereocenters. The van der Waals surface area contributed by atoms with Gasteiger partial charge in [0.1, 0.15) is 0 Å². The maximum Gasteiger partial charge on any atom is 0.337 e. The molecule has 5 rings (SSSR count). The highest BCUT2D eigenvalue weighted by atomic mass is 16.5. The van der Waals surface area contributed by atoms with Gasteiger partial charge in [0.15, 0.2) is 5.88 Å². The number of aliphatic imine (C=N–C) groups is 1. The van der Waals surface area contributed by atoms with Crippen molar-refractivity contribution in [1.82, 2.24) is 14.8 Å². The van der Waals surface area contributed by atoms with Gasteiger partial charge < -0.3 is 24.6 Å². The Labute approximate surface area is 239 Å². The van der Waals surface area contributed by atoms with Gasteiger partial charge in [0.2, 0.25) is 5.91 Å². The van der Waals surface area contributed by atoms with Crippen molar-refractivity contribution in [3.05, 3.63) is 89.0 Å². The van der Waals surface area contributed by atoms with E-state index in [9.17, 15) is 14.7 Å². The van der Waals surface area contributed by atoms with E-state index in [1.165, 1.54) is 7.11 Å². The summed E-state index contributed by atoms with van der Waals surface area (Å²) in [6.45, 7) is 6.08. The number of carbonyl (C=O) groups excluding carboxylic acids is 2. The number of aryl methyl sites for hydroxylation is 1. The van der Waals surface area contributed by atoms with Crippen molar-refractivity contribution in [2.75, 3.05) is 58.8 Å². The first-order chi connectivity index (χ1) is 19.7. The number of benzene rings is 3. The zero-order valence-electron chi connectivity index (χ0n) is 23.8. The predicted octanol–water partition coefficient (Wildman–Crippen LogP) is 4.35. The second-order valence-electron chi connectivity index (χ2n) is 10.5. The van der Waals surface area contributed by atoms with Gasteiger partial charge in [-0.05, 0) is 56.4 Å². The van der Waals surface area contributed by atoms with Gasteiger partial charge in [-0.3, -0.25) is 9.69 Å². The summed E-state index contributed by atoms with van der Waals surface area (Å²) in [4.78, 5) is 39.3. The molecule has 41 heavy (non-hydrogen) atoms. The number of rotatable bonds is 7. The molecule has 0 bridgehead atoms. The van der Waals surface area contributed by atoms with Crippen LogP contribution in [0.4, 0.5) is 11.4 Å². The minimum atomic E-state index is -0.464. The Hall–Kier alpha value is -4.47. The van der Waals surface area contributed by atoms with Gasteiger partial charge in [-0.1, -0.05) is 29.8 Å². The number of nitrogens with one attached hydrogen (secondary N) is 1. The Morgan fingerprint density at radius 3 is 2.29 bits per heavy atom. The zero-order chi connectivity index (χ0) is 29.1. The van der Waals surface area contributed by atoms with E-state index in [1.54, 1.807) is 30.1 Å². The number of piperazine rings is 1. The molecule has 2 N–H and O–H groups in total. The van der Waals surface area contributed by atoms with Crippen LogP contribution in [0.3, 0.4) is 0 Å². The van der Waals surface area contributed by atoms with Crippen molar-refractivity contribution >= 4 is 39.9 Å². The Morgan fingerprint density at radius 1 is 0.976 bits per heavy atom. The first-order valence-electron chi connectivity index (χ1n) is 13.6. The van der Waals surface area contributed by atoms with Crippen molar-refractivity contribution in [2.24, 2.45) is 4.99 Å². The molecule has 0 unspecified atom stereocenters. The Balaban J connectivity index is 1.48. The zero-order valence-corrected chi connectivity index (χ0v) is 23.8. The molecule has 0 spiro atoms. The molecule has 0 saturated carbocycles. The molecule has 1 aliphatic heterocycles. The third kappa shape index (κ3) is 6.16. The molecule has 0 aliphatic carbocycles. The van der Waals surface area contributed by atoms with E-state index in [2.05, 4.69) is 21.8 Å². The van der Waals surface area contributed by atoms with Crippen LogP contribution in [-0.4, -0.2) is 91.4 Å². The number of aromatic hydroxyl groups is 1. The van der Waals surface area contributed by atoms with Crippen LogP contribution >= 0.6 is 0 Å². The van der Waals surface area contributed by atoms with E-state index in [0.29, 0.717) is 40.0 Å². The molecule has 3 aromatic carbocycles. The summed E-state index contributed by atoms with van der Waals surface area (Å²) in [7, 11) is 5.22. The number of likely N-dealkylation sites (N-methyl/N-ethyl adjacent to an activating group) is 2. The largest absolute Gasteiger partial charge is 0.494 e. The lowest BCUT2D eigenvalue weighted by Gasteiger charge is -2.32. The molecular formula is C32H35N5O4. The van der Waals surface area contributed by atoms with Crippen LogP contribution < -0.4 is 4.90 Å². The molecule has 212 valence electrons. The average Bonchev–Trinajstić information content (AvgIpc) is 3.31. The minimum Gasteiger partial charge on any atom is -0.494 e. The second kappa shape index (κ2) is 12.0. The maximum atomic E-state index is 13.0. The number of aromatic amines is 1. The summed E-state index contributed by atoms with van der Waals surface area (Å²) >= 11 is 0. The number of esters is 1. The number of hydrogen-bond acceptors (Lipinski definition) is 7. The first kappa shape index (κ1) is 28.1. The summed E-state index contributed by atoms with van der Waals surface area (Å²) in [5.41, 5.74) is 5.40. The van der Waals surface area contributed by atoms with Crippen molar-refractivity contribution < 1.29 is 19.4 Å². The number of carbonyl (C=O) groups is 2. The second-order valence-corrected chi connectivity index (χ2v) is 10.5. The monoisotopic (exact) mass is 553 g/mol. The van der Waals surface area contributed by atoms with E-state index in [0.717, 1.165) is 43.0 Å². The number of ether oxygens (including phenoxy) is 1. The predicted molar refractivity (Wildman–Crippen MR) is 162 cm³/mol. The third-order valence-electron chi connectivity index (χ3n) is 7.57. The van der Waals surface area contributed by atoms with Gasteiger partial charge >= 0.3 is 5.97 Å². The fourth-order valence-electron chi connectivity index (χ4n) is 4.97. The van der Waals surface area contributed by atoms with E-state index in [1.807, 2.05) is 55.5 Å². The van der Waals surface area contributed by atoms with Gasteiger partial charge in [0.25, 0.3) is 0 Å². The normalized spacial score (nSPS) is 14.8. The van der Waals surface area contributed by atoms with Crippen LogP contribution in [0.25, 0.3) is 10.9 Å². The van der Waals surface area contributed by atoms with E-state index in [4.69, 9.17) is 9.73 Å². The lowest BCUT2D eigenvalue weighted by molar-refractivity contribution is -0.119. The van der Waals surface area contributed by atoms with E-state index < -0.39 is 5.97 Å². The smallest absolute Gasteiger partial charge is 0.337 e. The maximum absolute atomic E-state index is 13.0. The quantitative estimate of drug-likeness (QED) is 0.261. The highest BCUT2D eigenvalue weighted by Crippen LogP contribution is 2.33. The number of aromatic nitrogens is 1. The molecule has 1 aromatic heterocycles. The van der Waals surface area contributed by atoms with Crippen molar-refractivity contribution in [2.45, 2.75) is 6.92 Å². The van der Waals surface area contributed by atoms with Crippen LogP contribution in [0, 0.1) is 6.92 Å². The lowest BCUT2D eigenvalue weighted by Crippen LogP contribution is -2.48. The van der Waals surface area contributed by atoms with E-state index >= 15 is 0 Å². The van der Waals surface area contributed by atoms with Crippen molar-refractivity contribution in [3.8, 4) is 5.88 Å². The third-order valence-corrected chi connectivity index (χ3v) is 7.57. The number of H-pyrrole nitrogens is 1. The molecule has 1 amide bonds. The highest BCUT2D eigenvalue weighted by molar-refractivity contribution is 6.22. The van der Waals surface area contributed by atoms with Crippen LogP contribution in [0.5, 0.6) is 5.88 Å². The van der Waals surface area contributed by atoms with Crippen molar-refractivity contribution in [1.29, 1.82) is 0 Å². The minimum absolute atomic E-state index is 0.0382. The van der Waals surface area contributed by atoms with Crippen molar-refractivity contribution in [3.63, 3.8) is 0 Å². The number of anilines is 1. The molecule has 1 aliphatic rings. The van der Waals surface area contributed by atoms with Gasteiger partial charge in [0.05, 0.1) is 36.2 Å². The van der Waals surface area contributed by atoms with Gasteiger partial charge in [-0.2, -0.15) is 0 Å². The molecule has 9 nitrogen and oxygen atoms in total. The molecule has 1 fully saturated rings. The summed E-state index contributed by atoms with van der Waals surface area (Å²) in [6.07, 6.45) is 0. The number of methoxy groups -OCH3 is 1. The lowest BCUT2D eigenvalue weighted by atomic mass is 9.99. The molecular weight excluding hydrogens is 518 g/mol. The number of hydrogen-bond donors (Lipinski definition) is 2. The van der Waals surface area contributed by atoms with E-state index in [-0.39, 0.29) is 11.8 Å². The number of nitrogens with zero attached hydrogens (tertiary/aromatic N) is 4. The standard InChI is InChI=1S/C32H35N5O4/c1-21-5-7-22(8-6-21)30(29-26-19-23(32(40)41-4)9-14-27(26)34-31(29)39)33-24-10-12-25(13-11-24)36(3)28(38)20-37-17-15-35(2)16-18-37/h5-14,19,34,39H,15-18,20H2,1-4H3. The molecule has 2 heterocycles. The first-order valence-corrected chi connectivity index (χ1v) is 13.6. The Bertz CT molecular complexity index is 1580. The fourth-order valence-corrected chi connectivity index (χ4v) is 4.97. The van der Waals surface area contributed by atoms with Gasteiger partial charge in [-0.25, -0.2) is 9.79 Å². The Morgan fingerprint density at radius 2 is 1.63 bits per heavy atom. The van der Waals surface area contributed by atoms with Crippen LogP contribution in [0.15, 0.2) is 71.7 Å². The van der Waals surface area contributed by atoms with Crippen LogP contribution in [0.2, 0.25) is 0 Å². The summed E-state index contributed by atoms with van der Waals surface area (Å²) in [6, 6.07) is 20.4. The molecule has 1 saturated heterocycles. The van der Waals surface area contributed by atoms with Crippen LogP contribution in [-0.2, 0) is 9.53 Å².